The monoisotopic (exact) mass is 286 g/mol. The van der Waals surface area contributed by atoms with Crippen LogP contribution in [0, 0.1) is 5.82 Å². The van der Waals surface area contributed by atoms with Crippen LogP contribution in [0.2, 0.25) is 0 Å². The fourth-order valence-electron chi connectivity index (χ4n) is 2.16. The maximum Gasteiger partial charge on any atom is 0.167 e. The number of carbonyl (C=O) groups excluding carboxylic acids is 1. The van der Waals surface area contributed by atoms with Crippen LogP contribution in [-0.4, -0.2) is 12.9 Å². The Morgan fingerprint density at radius 2 is 1.81 bits per heavy atom. The number of hydrogen-bond acceptors (Lipinski definition) is 2. The molecule has 0 saturated carbocycles. The molecule has 0 unspecified atom stereocenters. The summed E-state index contributed by atoms with van der Waals surface area (Å²) in [6, 6.07) is 12.2. The third-order valence-corrected chi connectivity index (χ3v) is 3.48. The van der Waals surface area contributed by atoms with Gasteiger partial charge < -0.3 is 4.74 Å². The maximum atomic E-state index is 13.6. The molecule has 0 aliphatic carbocycles. The van der Waals surface area contributed by atoms with E-state index in [-0.39, 0.29) is 18.0 Å². The number of ether oxygens (including phenoxy) is 1. The van der Waals surface area contributed by atoms with Crippen LogP contribution in [0.4, 0.5) is 4.39 Å². The summed E-state index contributed by atoms with van der Waals surface area (Å²) in [7, 11) is 1.42. The molecule has 0 spiro atoms. The Bertz CT molecular complexity index is 630. The van der Waals surface area contributed by atoms with Crippen LogP contribution < -0.4 is 4.74 Å². The van der Waals surface area contributed by atoms with Crippen LogP contribution in [-0.2, 0) is 6.42 Å². The van der Waals surface area contributed by atoms with Gasteiger partial charge in [0.15, 0.2) is 17.3 Å². The van der Waals surface area contributed by atoms with Gasteiger partial charge in [-0.05, 0) is 29.2 Å². The Labute approximate surface area is 124 Å². The minimum atomic E-state index is -0.446. The predicted octanol–water partition coefficient (Wildman–Crippen LogP) is 4.38. The molecule has 21 heavy (non-hydrogen) atoms. The van der Waals surface area contributed by atoms with Crippen LogP contribution in [0.25, 0.3) is 0 Å². The summed E-state index contributed by atoms with van der Waals surface area (Å²) in [6.07, 6.45) is 0.182. The summed E-state index contributed by atoms with van der Waals surface area (Å²) in [5.41, 5.74) is 2.49. The molecule has 110 valence electrons. The number of benzene rings is 2. The molecule has 0 aliphatic heterocycles. The predicted molar refractivity (Wildman–Crippen MR) is 81.5 cm³/mol. The van der Waals surface area contributed by atoms with Crippen molar-refractivity contribution in [2.45, 2.75) is 26.2 Å². The lowest BCUT2D eigenvalue weighted by atomic mass is 9.98. The first-order valence-corrected chi connectivity index (χ1v) is 6.97. The van der Waals surface area contributed by atoms with Gasteiger partial charge in [-0.15, -0.1) is 0 Å². The number of hydrogen-bond donors (Lipinski definition) is 0. The number of ketones is 1. The van der Waals surface area contributed by atoms with Gasteiger partial charge in [0.1, 0.15) is 0 Å². The third kappa shape index (κ3) is 3.69. The minimum Gasteiger partial charge on any atom is -0.494 e. The second kappa shape index (κ2) is 6.53. The van der Waals surface area contributed by atoms with Crippen molar-refractivity contribution in [1.29, 1.82) is 0 Å². The van der Waals surface area contributed by atoms with Gasteiger partial charge in [-0.1, -0.05) is 44.2 Å². The van der Waals surface area contributed by atoms with E-state index in [9.17, 15) is 9.18 Å². The quantitative estimate of drug-likeness (QED) is 0.762. The zero-order chi connectivity index (χ0) is 15.4. The molecule has 2 aromatic carbocycles. The average molecular weight is 286 g/mol. The molecule has 2 aromatic rings. The maximum absolute atomic E-state index is 13.6. The smallest absolute Gasteiger partial charge is 0.167 e. The van der Waals surface area contributed by atoms with Gasteiger partial charge in [-0.25, -0.2) is 4.39 Å². The molecular weight excluding hydrogens is 267 g/mol. The van der Waals surface area contributed by atoms with Crippen molar-refractivity contribution >= 4 is 5.78 Å². The fraction of sp³-hybridized carbons (Fsp3) is 0.278. The highest BCUT2D eigenvalue weighted by Crippen LogP contribution is 2.20. The highest BCUT2D eigenvalue weighted by molar-refractivity contribution is 5.97. The summed E-state index contributed by atoms with van der Waals surface area (Å²) in [5, 5.41) is 0. The number of rotatable bonds is 5. The van der Waals surface area contributed by atoms with Crippen molar-refractivity contribution in [3.63, 3.8) is 0 Å². The lowest BCUT2D eigenvalue weighted by molar-refractivity contribution is 0.0993. The number of Topliss-reactive ketones (excluding diaryl/α,β-unsaturated/α-hetero) is 1. The average Bonchev–Trinajstić information content (AvgIpc) is 2.47. The highest BCUT2D eigenvalue weighted by atomic mass is 19.1. The molecule has 0 amide bonds. The summed E-state index contributed by atoms with van der Waals surface area (Å²) >= 11 is 0. The van der Waals surface area contributed by atoms with Gasteiger partial charge >= 0.3 is 0 Å². The van der Waals surface area contributed by atoms with Crippen molar-refractivity contribution in [1.82, 2.24) is 0 Å². The first kappa shape index (κ1) is 15.2. The Balaban J connectivity index is 2.12. The third-order valence-electron chi connectivity index (χ3n) is 3.48. The van der Waals surface area contributed by atoms with Gasteiger partial charge in [0, 0.05) is 12.0 Å². The lowest BCUT2D eigenvalue weighted by Gasteiger charge is -2.07. The zero-order valence-corrected chi connectivity index (χ0v) is 12.5. The number of methoxy groups -OCH3 is 1. The normalized spacial score (nSPS) is 10.7. The van der Waals surface area contributed by atoms with E-state index in [0.29, 0.717) is 17.0 Å². The second-order valence-corrected chi connectivity index (χ2v) is 5.35. The molecule has 0 bridgehead atoms. The molecule has 0 atom stereocenters. The zero-order valence-electron chi connectivity index (χ0n) is 12.5. The van der Waals surface area contributed by atoms with Gasteiger partial charge in [0.2, 0.25) is 0 Å². The number of halogens is 1. The summed E-state index contributed by atoms with van der Waals surface area (Å²) in [6.45, 7) is 4.22. The van der Waals surface area contributed by atoms with E-state index in [1.165, 1.54) is 18.7 Å². The molecule has 0 aliphatic rings. The van der Waals surface area contributed by atoms with Crippen molar-refractivity contribution in [2.75, 3.05) is 7.11 Å². The molecule has 0 heterocycles. The molecule has 0 radical (unpaired) electrons. The van der Waals surface area contributed by atoms with Crippen LogP contribution >= 0.6 is 0 Å². The number of carbonyl (C=O) groups is 1. The second-order valence-electron chi connectivity index (χ2n) is 5.35. The Hall–Kier alpha value is -2.16. The summed E-state index contributed by atoms with van der Waals surface area (Å²) in [5.74, 6) is 0.158. The van der Waals surface area contributed by atoms with E-state index in [4.69, 9.17) is 4.74 Å². The molecule has 0 N–H and O–H groups in total. The van der Waals surface area contributed by atoms with Gasteiger partial charge in [0.25, 0.3) is 0 Å². The van der Waals surface area contributed by atoms with E-state index in [2.05, 4.69) is 13.8 Å². The van der Waals surface area contributed by atoms with Crippen molar-refractivity contribution < 1.29 is 13.9 Å². The standard InChI is InChI=1S/C18H19FO2/c1-12(2)14-5-7-15(8-6-14)17(20)11-13-4-9-18(21-3)16(19)10-13/h4-10,12H,11H2,1-3H3. The van der Waals surface area contributed by atoms with Gasteiger partial charge in [-0.3, -0.25) is 4.79 Å². The molecule has 0 saturated heterocycles. The molecule has 2 nitrogen and oxygen atoms in total. The van der Waals surface area contributed by atoms with E-state index < -0.39 is 5.82 Å². The van der Waals surface area contributed by atoms with E-state index in [1.54, 1.807) is 12.1 Å². The van der Waals surface area contributed by atoms with Crippen LogP contribution in [0.5, 0.6) is 5.75 Å². The van der Waals surface area contributed by atoms with Crippen LogP contribution in [0.1, 0.15) is 41.3 Å². The lowest BCUT2D eigenvalue weighted by Crippen LogP contribution is -2.04. The Morgan fingerprint density at radius 1 is 1.14 bits per heavy atom. The van der Waals surface area contributed by atoms with E-state index in [0.717, 1.165) is 0 Å². The van der Waals surface area contributed by atoms with E-state index in [1.807, 2.05) is 24.3 Å². The molecule has 0 fully saturated rings. The Morgan fingerprint density at radius 3 is 2.33 bits per heavy atom. The molecule has 0 aromatic heterocycles. The summed E-state index contributed by atoms with van der Waals surface area (Å²) in [4.78, 5) is 12.2. The topological polar surface area (TPSA) is 26.3 Å². The molecular formula is C18H19FO2. The van der Waals surface area contributed by atoms with Crippen LogP contribution in [0.15, 0.2) is 42.5 Å². The minimum absolute atomic E-state index is 0.0186. The van der Waals surface area contributed by atoms with E-state index >= 15 is 0 Å². The molecule has 2 rings (SSSR count). The largest absolute Gasteiger partial charge is 0.494 e. The summed E-state index contributed by atoms with van der Waals surface area (Å²) < 4.78 is 18.5. The van der Waals surface area contributed by atoms with Crippen molar-refractivity contribution in [3.8, 4) is 5.75 Å². The van der Waals surface area contributed by atoms with Gasteiger partial charge in [-0.2, -0.15) is 0 Å². The van der Waals surface area contributed by atoms with Crippen molar-refractivity contribution in [3.05, 3.63) is 65.0 Å². The van der Waals surface area contributed by atoms with Crippen LogP contribution in [0.3, 0.4) is 0 Å². The molecule has 3 heteroatoms. The highest BCUT2D eigenvalue weighted by Gasteiger charge is 2.10. The first-order chi connectivity index (χ1) is 10.0. The first-order valence-electron chi connectivity index (χ1n) is 6.97. The van der Waals surface area contributed by atoms with Gasteiger partial charge in [0.05, 0.1) is 7.11 Å². The Kier molecular flexibility index (Phi) is 4.73. The SMILES string of the molecule is COc1ccc(CC(=O)c2ccc(C(C)C)cc2)cc1F. The van der Waals surface area contributed by atoms with Crippen molar-refractivity contribution in [2.24, 2.45) is 0 Å². The fourth-order valence-corrected chi connectivity index (χ4v) is 2.16.